The van der Waals surface area contributed by atoms with E-state index in [-0.39, 0.29) is 6.61 Å². The molecule has 1 unspecified atom stereocenters. The van der Waals surface area contributed by atoms with Crippen LogP contribution in [0, 0.1) is 0 Å². The molecule has 0 rings (SSSR count). The predicted molar refractivity (Wildman–Crippen MR) is 50.6 cm³/mol. The van der Waals surface area contributed by atoms with Gasteiger partial charge in [0.05, 0.1) is 0 Å². The summed E-state index contributed by atoms with van der Waals surface area (Å²) in [5.41, 5.74) is 0. The van der Waals surface area contributed by atoms with E-state index in [2.05, 4.69) is 4.21 Å². The van der Waals surface area contributed by atoms with Gasteiger partial charge in [0.2, 0.25) is 8.32 Å². The molecule has 0 bridgehead atoms. The monoisotopic (exact) mass is 230 g/mol. The first-order valence-corrected chi connectivity index (χ1v) is 8.69. The topological polar surface area (TPSA) is 66.8 Å². The lowest BCUT2D eigenvalue weighted by atomic mass is 10.4. The third-order valence-electron chi connectivity index (χ3n) is 1.55. The number of hydrogen-bond acceptors (Lipinski definition) is 3. The fourth-order valence-corrected chi connectivity index (χ4v) is 4.92. The second-order valence-corrected chi connectivity index (χ2v) is 9.14. The van der Waals surface area contributed by atoms with E-state index in [4.69, 9.17) is 10.00 Å². The van der Waals surface area contributed by atoms with Crippen molar-refractivity contribution in [2.75, 3.05) is 6.61 Å². The van der Waals surface area contributed by atoms with E-state index in [1.54, 1.807) is 13.1 Å². The third kappa shape index (κ3) is 8.58. The van der Waals surface area contributed by atoms with Crippen molar-refractivity contribution in [2.24, 2.45) is 0 Å². The maximum absolute atomic E-state index is 12.3. The van der Waals surface area contributed by atoms with Crippen molar-refractivity contribution in [1.82, 2.24) is 0 Å². The Morgan fingerprint density at radius 3 is 2.38 bits per heavy atom. The smallest absolute Gasteiger partial charge is 0.396 e. The summed E-state index contributed by atoms with van der Waals surface area (Å²) >= 11 is 0. The Kier molecular flexibility index (Phi) is 5.32. The van der Waals surface area contributed by atoms with Gasteiger partial charge in [-0.3, -0.25) is 4.89 Å². The standard InChI is InChI=1S/C6H16FO4PSi/c1-13(2,6-4-3-5-8)11-12(7,9)10/h8H,3-6H2,1-2H3,(H,9,10). The van der Waals surface area contributed by atoms with Crippen LogP contribution in [-0.4, -0.2) is 24.9 Å². The zero-order valence-electron chi connectivity index (χ0n) is 7.86. The first-order chi connectivity index (χ1) is 5.77. The van der Waals surface area contributed by atoms with Gasteiger partial charge in [0.15, 0.2) is 0 Å². The lowest BCUT2D eigenvalue weighted by molar-refractivity contribution is 0.285. The van der Waals surface area contributed by atoms with E-state index in [1.165, 1.54) is 0 Å². The number of hydrogen-bond donors (Lipinski definition) is 2. The van der Waals surface area contributed by atoms with E-state index in [1.807, 2.05) is 0 Å². The van der Waals surface area contributed by atoms with Crippen molar-refractivity contribution in [3.8, 4) is 0 Å². The first-order valence-electron chi connectivity index (χ1n) is 4.11. The predicted octanol–water partition coefficient (Wildman–Crippen LogP) is 2.05. The molecule has 0 aromatic heterocycles. The van der Waals surface area contributed by atoms with Crippen LogP contribution >= 0.6 is 7.91 Å². The molecule has 13 heavy (non-hydrogen) atoms. The summed E-state index contributed by atoms with van der Waals surface area (Å²) < 4.78 is 27.1. The lowest BCUT2D eigenvalue weighted by Crippen LogP contribution is -2.28. The molecule has 7 heteroatoms. The molecule has 0 aliphatic rings. The lowest BCUT2D eigenvalue weighted by Gasteiger charge is -2.21. The fourth-order valence-electron chi connectivity index (χ4n) is 1.01. The Morgan fingerprint density at radius 1 is 1.46 bits per heavy atom. The van der Waals surface area contributed by atoms with Gasteiger partial charge in [-0.15, -0.1) is 4.20 Å². The Labute approximate surface area is 78.5 Å². The van der Waals surface area contributed by atoms with Crippen LogP contribution in [0.3, 0.4) is 0 Å². The third-order valence-corrected chi connectivity index (χ3v) is 5.98. The molecular formula is C6H16FO4PSi. The van der Waals surface area contributed by atoms with Crippen LogP contribution in [0.2, 0.25) is 19.1 Å². The van der Waals surface area contributed by atoms with E-state index in [0.717, 1.165) is 0 Å². The molecule has 0 radical (unpaired) electrons. The van der Waals surface area contributed by atoms with Gasteiger partial charge < -0.3 is 9.32 Å². The molecule has 80 valence electrons. The summed E-state index contributed by atoms with van der Waals surface area (Å²) in [7, 11) is -7.21. The molecule has 0 heterocycles. The van der Waals surface area contributed by atoms with Gasteiger partial charge in [-0.1, -0.05) is 6.42 Å². The number of rotatable bonds is 6. The minimum atomic E-state index is -4.84. The van der Waals surface area contributed by atoms with Crippen LogP contribution in [0.25, 0.3) is 0 Å². The van der Waals surface area contributed by atoms with Gasteiger partial charge in [-0.05, 0) is 25.6 Å². The summed E-state index contributed by atoms with van der Waals surface area (Å²) in [6.07, 6.45) is 1.30. The number of aliphatic hydroxyl groups is 1. The molecule has 0 saturated heterocycles. The van der Waals surface area contributed by atoms with E-state index in [9.17, 15) is 8.76 Å². The highest BCUT2D eigenvalue weighted by Gasteiger charge is 2.32. The van der Waals surface area contributed by atoms with Gasteiger partial charge in [-0.2, -0.15) is 0 Å². The molecule has 0 aliphatic carbocycles. The molecule has 0 fully saturated rings. The summed E-state index contributed by atoms with van der Waals surface area (Å²) in [6.45, 7) is 3.43. The van der Waals surface area contributed by atoms with Crippen molar-refractivity contribution in [3.05, 3.63) is 0 Å². The highest BCUT2D eigenvalue weighted by atomic mass is 31.2. The van der Waals surface area contributed by atoms with Gasteiger partial charge in [0.25, 0.3) is 0 Å². The molecule has 0 saturated carbocycles. The Balaban J connectivity index is 3.87. The fraction of sp³-hybridized carbons (Fsp3) is 1.00. The van der Waals surface area contributed by atoms with Crippen LogP contribution in [0.15, 0.2) is 0 Å². The maximum Gasteiger partial charge on any atom is 0.500 e. The Hall–Kier alpha value is 0.257. The molecule has 0 aromatic rings. The van der Waals surface area contributed by atoms with E-state index >= 15 is 0 Å². The summed E-state index contributed by atoms with van der Waals surface area (Å²) in [5, 5.41) is 8.49. The molecule has 0 aliphatic heterocycles. The molecule has 0 amide bonds. The van der Waals surface area contributed by atoms with E-state index < -0.39 is 16.2 Å². The van der Waals surface area contributed by atoms with Crippen molar-refractivity contribution >= 4 is 16.2 Å². The SMILES string of the molecule is C[Si](C)(CCCCO)OP(=O)(O)F. The number of unbranched alkanes of at least 4 members (excludes halogenated alkanes) is 1. The summed E-state index contributed by atoms with van der Waals surface area (Å²) in [4.78, 5) is 8.36. The second-order valence-electron chi connectivity index (χ2n) is 3.48. The molecule has 4 nitrogen and oxygen atoms in total. The van der Waals surface area contributed by atoms with Gasteiger partial charge >= 0.3 is 7.91 Å². The molecular weight excluding hydrogens is 214 g/mol. The van der Waals surface area contributed by atoms with Crippen molar-refractivity contribution in [3.63, 3.8) is 0 Å². The van der Waals surface area contributed by atoms with Crippen molar-refractivity contribution in [1.29, 1.82) is 0 Å². The largest absolute Gasteiger partial charge is 0.500 e. The minimum Gasteiger partial charge on any atom is -0.396 e. The highest BCUT2D eigenvalue weighted by Crippen LogP contribution is 2.47. The average molecular weight is 230 g/mol. The normalized spacial score (nSPS) is 17.0. The summed E-state index contributed by atoms with van der Waals surface area (Å²) in [6, 6.07) is 0.571. The van der Waals surface area contributed by atoms with Crippen molar-refractivity contribution < 1.29 is 23.0 Å². The zero-order chi connectivity index (χ0) is 10.5. The van der Waals surface area contributed by atoms with Crippen LogP contribution in [-0.2, 0) is 8.78 Å². The summed E-state index contributed by atoms with van der Waals surface area (Å²) in [5.74, 6) is 0. The van der Waals surface area contributed by atoms with Crippen LogP contribution in [0.5, 0.6) is 0 Å². The van der Waals surface area contributed by atoms with Gasteiger partial charge in [0, 0.05) is 6.61 Å². The van der Waals surface area contributed by atoms with Crippen LogP contribution < -0.4 is 0 Å². The van der Waals surface area contributed by atoms with Crippen LogP contribution in [0.4, 0.5) is 4.20 Å². The molecule has 2 N–H and O–H groups in total. The zero-order valence-corrected chi connectivity index (χ0v) is 9.76. The molecule has 1 atom stereocenters. The molecule has 0 aromatic carbocycles. The quantitative estimate of drug-likeness (QED) is 0.416. The maximum atomic E-state index is 12.3. The van der Waals surface area contributed by atoms with Gasteiger partial charge in [-0.25, -0.2) is 4.57 Å². The second kappa shape index (κ2) is 5.22. The van der Waals surface area contributed by atoms with Gasteiger partial charge in [0.1, 0.15) is 0 Å². The van der Waals surface area contributed by atoms with Crippen molar-refractivity contribution in [2.45, 2.75) is 32.0 Å². The molecule has 0 spiro atoms. The minimum absolute atomic E-state index is 0.0802. The average Bonchev–Trinajstić information content (AvgIpc) is 1.81. The number of halogens is 1. The first kappa shape index (κ1) is 13.3. The van der Waals surface area contributed by atoms with Crippen LogP contribution in [0.1, 0.15) is 12.8 Å². The number of aliphatic hydroxyl groups excluding tert-OH is 1. The Bertz CT molecular complexity index is 193. The van der Waals surface area contributed by atoms with E-state index in [0.29, 0.717) is 18.9 Å². The highest BCUT2D eigenvalue weighted by molar-refractivity contribution is 7.48. The Morgan fingerprint density at radius 2 is 2.00 bits per heavy atom.